The molecule has 0 aromatic carbocycles. The smallest absolute Gasteiger partial charge is 0.230 e. The maximum atomic E-state index is 13.6. The van der Waals surface area contributed by atoms with Crippen molar-refractivity contribution in [2.75, 3.05) is 39.8 Å². The van der Waals surface area contributed by atoms with Gasteiger partial charge in [-0.15, -0.1) is 0 Å². The van der Waals surface area contributed by atoms with Crippen molar-refractivity contribution in [1.82, 2.24) is 24.9 Å². The summed E-state index contributed by atoms with van der Waals surface area (Å²) in [6.07, 6.45) is 6.12. The van der Waals surface area contributed by atoms with Crippen LogP contribution in [0.25, 0.3) is 0 Å². The molecule has 2 atom stereocenters. The number of aromatic nitrogens is 2. The molecule has 0 saturated carbocycles. The number of hydrogen-bond acceptors (Lipinski definition) is 4. The van der Waals surface area contributed by atoms with Crippen molar-refractivity contribution in [2.24, 2.45) is 5.41 Å². The molecular weight excluding hydrogens is 366 g/mol. The molecule has 0 unspecified atom stereocenters. The Hall–Kier alpha value is -1.89. The third kappa shape index (κ3) is 3.69. The summed E-state index contributed by atoms with van der Waals surface area (Å²) in [7, 11) is 2.11. The number of likely N-dealkylation sites (tertiary alicyclic amines) is 3. The lowest BCUT2D eigenvalue weighted by Gasteiger charge is -2.54. The van der Waals surface area contributed by atoms with Crippen molar-refractivity contribution in [3.8, 4) is 0 Å². The molecule has 1 N–H and O–H groups in total. The third-order valence-corrected chi connectivity index (χ3v) is 7.47. The molecule has 0 bridgehead atoms. The molecule has 4 rings (SSSR count). The summed E-state index contributed by atoms with van der Waals surface area (Å²) in [6.45, 7) is 8.28. The molecule has 3 saturated heterocycles. The van der Waals surface area contributed by atoms with Crippen LogP contribution in [0.15, 0.2) is 0 Å². The molecule has 0 spiro atoms. The Kier molecular flexibility index (Phi) is 5.69. The number of amides is 2. The second kappa shape index (κ2) is 8.09. The van der Waals surface area contributed by atoms with Gasteiger partial charge in [-0.2, -0.15) is 5.10 Å². The first-order valence-electron chi connectivity index (χ1n) is 11.2. The van der Waals surface area contributed by atoms with Crippen LogP contribution >= 0.6 is 0 Å². The van der Waals surface area contributed by atoms with E-state index in [-0.39, 0.29) is 17.4 Å². The lowest BCUT2D eigenvalue weighted by molar-refractivity contribution is -0.160. The van der Waals surface area contributed by atoms with Crippen LogP contribution in [0.1, 0.15) is 55.5 Å². The normalized spacial score (nSPS) is 27.9. The van der Waals surface area contributed by atoms with Crippen molar-refractivity contribution in [1.29, 1.82) is 0 Å². The molecule has 29 heavy (non-hydrogen) atoms. The van der Waals surface area contributed by atoms with E-state index >= 15 is 0 Å². The fourth-order valence-corrected chi connectivity index (χ4v) is 5.74. The molecule has 0 aliphatic carbocycles. The SMILES string of the molecule is Cc1n[nH]c(C)c1CCC(=O)N1CCC[C@@]2(C(=O)N3CCCC3)CCN(C)C[C@H]12. The van der Waals surface area contributed by atoms with Crippen molar-refractivity contribution >= 4 is 11.8 Å². The van der Waals surface area contributed by atoms with Gasteiger partial charge in [0, 0.05) is 38.3 Å². The van der Waals surface area contributed by atoms with Gasteiger partial charge in [-0.05, 0) is 71.5 Å². The van der Waals surface area contributed by atoms with Gasteiger partial charge < -0.3 is 14.7 Å². The number of aryl methyl sites for hydroxylation is 2. The number of nitrogens with zero attached hydrogens (tertiary/aromatic N) is 4. The first kappa shape index (κ1) is 20.4. The molecule has 160 valence electrons. The highest BCUT2D eigenvalue weighted by atomic mass is 16.2. The van der Waals surface area contributed by atoms with Gasteiger partial charge in [-0.3, -0.25) is 14.7 Å². The largest absolute Gasteiger partial charge is 0.342 e. The molecule has 1 aromatic heterocycles. The van der Waals surface area contributed by atoms with Crippen LogP contribution in [0.4, 0.5) is 0 Å². The van der Waals surface area contributed by atoms with E-state index in [1.54, 1.807) is 0 Å². The number of rotatable bonds is 4. The van der Waals surface area contributed by atoms with E-state index in [0.717, 1.165) is 81.8 Å². The molecule has 3 aliphatic rings. The molecule has 3 aliphatic heterocycles. The zero-order valence-electron chi connectivity index (χ0n) is 18.2. The first-order valence-corrected chi connectivity index (χ1v) is 11.2. The topological polar surface area (TPSA) is 72.5 Å². The Labute approximate surface area is 173 Å². The van der Waals surface area contributed by atoms with Crippen LogP contribution in [0.5, 0.6) is 0 Å². The molecule has 1 aromatic rings. The van der Waals surface area contributed by atoms with Gasteiger partial charge in [-0.25, -0.2) is 0 Å². The zero-order chi connectivity index (χ0) is 20.6. The number of H-pyrrole nitrogens is 1. The summed E-state index contributed by atoms with van der Waals surface area (Å²) in [5, 5.41) is 7.27. The average Bonchev–Trinajstić information content (AvgIpc) is 3.36. The number of carbonyl (C=O) groups is 2. The predicted octanol–water partition coefficient (Wildman–Crippen LogP) is 1.89. The van der Waals surface area contributed by atoms with Crippen molar-refractivity contribution in [3.05, 3.63) is 17.0 Å². The summed E-state index contributed by atoms with van der Waals surface area (Å²) >= 11 is 0. The van der Waals surface area contributed by atoms with Gasteiger partial charge in [0.25, 0.3) is 0 Å². The number of likely N-dealkylation sites (N-methyl/N-ethyl adjacent to an activating group) is 1. The molecule has 0 radical (unpaired) electrons. The fraction of sp³-hybridized carbons (Fsp3) is 0.773. The van der Waals surface area contributed by atoms with Gasteiger partial charge in [-0.1, -0.05) is 0 Å². The van der Waals surface area contributed by atoms with Crippen LogP contribution in [0.2, 0.25) is 0 Å². The summed E-state index contributed by atoms with van der Waals surface area (Å²) in [5.74, 6) is 0.496. The summed E-state index contributed by atoms with van der Waals surface area (Å²) in [4.78, 5) is 33.4. The monoisotopic (exact) mass is 401 g/mol. The Morgan fingerprint density at radius 3 is 2.55 bits per heavy atom. The Bertz CT molecular complexity index is 750. The van der Waals surface area contributed by atoms with Crippen LogP contribution in [0, 0.1) is 19.3 Å². The highest BCUT2D eigenvalue weighted by Crippen LogP contribution is 2.44. The number of hydrogen-bond donors (Lipinski definition) is 1. The van der Waals surface area contributed by atoms with Gasteiger partial charge in [0.1, 0.15) is 0 Å². The van der Waals surface area contributed by atoms with Crippen LogP contribution < -0.4 is 0 Å². The van der Waals surface area contributed by atoms with Crippen LogP contribution in [-0.2, 0) is 16.0 Å². The highest BCUT2D eigenvalue weighted by Gasteiger charge is 2.54. The summed E-state index contributed by atoms with van der Waals surface area (Å²) in [6, 6.07) is 0.00198. The second-order valence-electron chi connectivity index (χ2n) is 9.29. The Balaban J connectivity index is 1.53. The van der Waals surface area contributed by atoms with Crippen molar-refractivity contribution in [2.45, 2.75) is 64.8 Å². The van der Waals surface area contributed by atoms with E-state index in [9.17, 15) is 9.59 Å². The minimum atomic E-state index is -0.383. The molecule has 4 heterocycles. The standard InChI is InChI=1S/C22H35N5O2/c1-16-18(17(2)24-23-16)7-8-20(28)27-13-6-9-22(10-14-25(3)15-19(22)27)21(29)26-11-4-5-12-26/h19H,4-15H2,1-3H3,(H,23,24)/t19-,22+/m0/s1. The number of aromatic amines is 1. The zero-order valence-corrected chi connectivity index (χ0v) is 18.2. The van der Waals surface area contributed by atoms with E-state index in [1.165, 1.54) is 0 Å². The molecule has 7 heteroatoms. The average molecular weight is 402 g/mol. The number of fused-ring (bicyclic) bond motifs is 1. The Morgan fingerprint density at radius 1 is 1.10 bits per heavy atom. The van der Waals surface area contributed by atoms with Crippen LogP contribution in [0.3, 0.4) is 0 Å². The predicted molar refractivity (Wildman–Crippen MR) is 111 cm³/mol. The van der Waals surface area contributed by atoms with Crippen molar-refractivity contribution < 1.29 is 9.59 Å². The van der Waals surface area contributed by atoms with E-state index in [1.807, 2.05) is 13.8 Å². The molecule has 7 nitrogen and oxygen atoms in total. The van der Waals surface area contributed by atoms with E-state index in [0.29, 0.717) is 18.7 Å². The van der Waals surface area contributed by atoms with Gasteiger partial charge in [0.2, 0.25) is 11.8 Å². The fourth-order valence-electron chi connectivity index (χ4n) is 5.74. The van der Waals surface area contributed by atoms with Crippen molar-refractivity contribution in [3.63, 3.8) is 0 Å². The maximum absolute atomic E-state index is 13.6. The lowest BCUT2D eigenvalue weighted by atomic mass is 9.67. The molecule has 2 amide bonds. The van der Waals surface area contributed by atoms with Gasteiger partial charge >= 0.3 is 0 Å². The quantitative estimate of drug-likeness (QED) is 0.836. The van der Waals surface area contributed by atoms with Gasteiger partial charge in [0.15, 0.2) is 0 Å². The summed E-state index contributed by atoms with van der Waals surface area (Å²) in [5.41, 5.74) is 2.79. The molecule has 3 fully saturated rings. The van der Waals surface area contributed by atoms with E-state index < -0.39 is 0 Å². The molecular formula is C22H35N5O2. The maximum Gasteiger partial charge on any atom is 0.230 e. The Morgan fingerprint density at radius 2 is 1.86 bits per heavy atom. The van der Waals surface area contributed by atoms with Crippen LogP contribution in [-0.4, -0.2) is 82.5 Å². The van der Waals surface area contributed by atoms with Gasteiger partial charge in [0.05, 0.1) is 17.2 Å². The number of piperidine rings is 2. The lowest BCUT2D eigenvalue weighted by Crippen LogP contribution is -2.66. The van der Waals surface area contributed by atoms with E-state index in [4.69, 9.17) is 0 Å². The minimum absolute atomic E-state index is 0.00198. The first-order chi connectivity index (χ1) is 13.9. The number of carbonyl (C=O) groups excluding carboxylic acids is 2. The second-order valence-corrected chi connectivity index (χ2v) is 9.29. The third-order valence-electron chi connectivity index (χ3n) is 7.47. The van der Waals surface area contributed by atoms with E-state index in [2.05, 4.69) is 31.9 Å². The minimum Gasteiger partial charge on any atom is -0.342 e. The number of nitrogens with one attached hydrogen (secondary N) is 1. The highest BCUT2D eigenvalue weighted by molar-refractivity contribution is 5.86. The summed E-state index contributed by atoms with van der Waals surface area (Å²) < 4.78 is 0.